The van der Waals surface area contributed by atoms with Crippen molar-refractivity contribution in [2.24, 2.45) is 0 Å². The number of rotatable bonds is 1. The summed E-state index contributed by atoms with van der Waals surface area (Å²) in [5.74, 6) is 0.701. The van der Waals surface area contributed by atoms with E-state index in [9.17, 15) is 8.42 Å². The van der Waals surface area contributed by atoms with Crippen LogP contribution in [0.15, 0.2) is 104 Å². The van der Waals surface area contributed by atoms with Crippen molar-refractivity contribution in [3.8, 4) is 22.5 Å². The second kappa shape index (κ2) is 5.65. The van der Waals surface area contributed by atoms with Crippen LogP contribution in [0.4, 0.5) is 0 Å². The molecular weight excluding hydrogens is 408 g/mol. The molecule has 0 amide bonds. The quantitative estimate of drug-likeness (QED) is 0.291. The van der Waals surface area contributed by atoms with E-state index in [-0.39, 0.29) is 0 Å². The summed E-state index contributed by atoms with van der Waals surface area (Å²) in [6, 6.07) is 24.6. The van der Waals surface area contributed by atoms with Gasteiger partial charge in [0.2, 0.25) is 9.84 Å². The Morgan fingerprint density at radius 1 is 0.645 bits per heavy atom. The summed E-state index contributed by atoms with van der Waals surface area (Å²) in [7, 11) is -3.47. The van der Waals surface area contributed by atoms with Crippen molar-refractivity contribution >= 4 is 42.5 Å². The number of hydrogen-bond donors (Lipinski definition) is 0. The van der Waals surface area contributed by atoms with Gasteiger partial charge in [0.05, 0.1) is 16.1 Å². The lowest BCUT2D eigenvalue weighted by molar-refractivity contribution is 0.598. The van der Waals surface area contributed by atoms with Crippen LogP contribution in [0, 0.1) is 0 Å². The SMILES string of the molecule is O=S1(=O)c2ccccc2-c2cc(-c3cc4ccc5c(ccc6ccoc65)c4o3)ccc21. The minimum Gasteiger partial charge on any atom is -0.464 e. The first-order chi connectivity index (χ1) is 15.1. The average Bonchev–Trinajstić information content (AvgIpc) is 3.49. The van der Waals surface area contributed by atoms with Crippen LogP contribution in [0.5, 0.6) is 0 Å². The largest absolute Gasteiger partial charge is 0.464 e. The summed E-state index contributed by atoms with van der Waals surface area (Å²) in [5, 5.41) is 4.03. The van der Waals surface area contributed by atoms with Crippen LogP contribution in [0.25, 0.3) is 55.2 Å². The average molecular weight is 422 g/mol. The fraction of sp³-hybridized carbons (Fsp3) is 0. The van der Waals surface area contributed by atoms with Crippen LogP contribution in [0.2, 0.25) is 0 Å². The van der Waals surface area contributed by atoms with Gasteiger partial charge in [0.1, 0.15) is 16.9 Å². The lowest BCUT2D eigenvalue weighted by atomic mass is 10.0. The van der Waals surface area contributed by atoms with Crippen LogP contribution in [0.3, 0.4) is 0 Å². The summed E-state index contributed by atoms with van der Waals surface area (Å²) in [6.07, 6.45) is 1.69. The maximum atomic E-state index is 12.9. The van der Waals surface area contributed by atoms with Gasteiger partial charge in [-0.15, -0.1) is 0 Å². The lowest BCUT2D eigenvalue weighted by Crippen LogP contribution is -1.96. The van der Waals surface area contributed by atoms with Crippen LogP contribution in [-0.4, -0.2) is 8.42 Å². The molecule has 1 aliphatic heterocycles. The van der Waals surface area contributed by atoms with Crippen molar-refractivity contribution in [3.05, 3.63) is 85.1 Å². The molecule has 2 aromatic heterocycles. The Hall–Kier alpha value is -3.83. The molecule has 4 nitrogen and oxygen atoms in total. The Kier molecular flexibility index (Phi) is 3.08. The molecule has 0 N–H and O–H groups in total. The highest BCUT2D eigenvalue weighted by Gasteiger charge is 2.32. The van der Waals surface area contributed by atoms with Gasteiger partial charge in [0, 0.05) is 38.2 Å². The number of fused-ring (bicyclic) bond motifs is 8. The molecule has 0 saturated heterocycles. The van der Waals surface area contributed by atoms with E-state index in [2.05, 4.69) is 0 Å². The molecular formula is C26H14O4S. The summed E-state index contributed by atoms with van der Waals surface area (Å²) >= 11 is 0. The maximum Gasteiger partial charge on any atom is 0.207 e. The number of hydrogen-bond acceptors (Lipinski definition) is 4. The van der Waals surface area contributed by atoms with Crippen LogP contribution in [0.1, 0.15) is 0 Å². The molecule has 7 rings (SSSR count). The topological polar surface area (TPSA) is 60.4 Å². The van der Waals surface area contributed by atoms with Crippen molar-refractivity contribution in [3.63, 3.8) is 0 Å². The van der Waals surface area contributed by atoms with E-state index in [0.717, 1.165) is 49.4 Å². The molecule has 6 aromatic rings. The van der Waals surface area contributed by atoms with Gasteiger partial charge in [-0.3, -0.25) is 0 Å². The highest BCUT2D eigenvalue weighted by Crippen LogP contribution is 2.45. The Bertz CT molecular complexity index is 1800. The van der Waals surface area contributed by atoms with Crippen molar-refractivity contribution in [2.75, 3.05) is 0 Å². The minimum atomic E-state index is -3.47. The molecule has 0 spiro atoms. The predicted octanol–water partition coefficient (Wildman–Crippen LogP) is 6.81. The van der Waals surface area contributed by atoms with E-state index in [0.29, 0.717) is 15.6 Å². The fourth-order valence-electron chi connectivity index (χ4n) is 4.64. The van der Waals surface area contributed by atoms with Crippen LogP contribution >= 0.6 is 0 Å². The van der Waals surface area contributed by atoms with Gasteiger partial charge in [0.15, 0.2) is 0 Å². The molecule has 1 aliphatic rings. The fourth-order valence-corrected chi connectivity index (χ4v) is 6.31. The second-order valence-corrected chi connectivity index (χ2v) is 9.69. The third-order valence-corrected chi connectivity index (χ3v) is 7.99. The highest BCUT2D eigenvalue weighted by atomic mass is 32.2. The van der Waals surface area contributed by atoms with Gasteiger partial charge >= 0.3 is 0 Å². The van der Waals surface area contributed by atoms with E-state index < -0.39 is 9.84 Å². The first kappa shape index (κ1) is 16.9. The highest BCUT2D eigenvalue weighted by molar-refractivity contribution is 7.92. The Labute approximate surface area is 177 Å². The van der Waals surface area contributed by atoms with E-state index in [1.807, 2.05) is 60.7 Å². The van der Waals surface area contributed by atoms with Gasteiger partial charge in [-0.1, -0.05) is 30.3 Å². The Balaban J connectivity index is 1.46. The normalized spacial score (nSPS) is 14.3. The first-order valence-corrected chi connectivity index (χ1v) is 11.4. The third kappa shape index (κ3) is 2.16. The molecule has 31 heavy (non-hydrogen) atoms. The summed E-state index contributed by atoms with van der Waals surface area (Å²) < 4.78 is 37.7. The van der Waals surface area contributed by atoms with Crippen molar-refractivity contribution in [2.45, 2.75) is 9.79 Å². The molecule has 3 heterocycles. The second-order valence-electron chi connectivity index (χ2n) is 7.80. The minimum absolute atomic E-state index is 0.347. The monoisotopic (exact) mass is 422 g/mol. The maximum absolute atomic E-state index is 12.9. The molecule has 0 saturated carbocycles. The summed E-state index contributed by atoms with van der Waals surface area (Å²) in [4.78, 5) is 0.708. The predicted molar refractivity (Wildman–Crippen MR) is 120 cm³/mol. The molecule has 0 fully saturated rings. The molecule has 0 bridgehead atoms. The smallest absolute Gasteiger partial charge is 0.207 e. The number of furan rings is 2. The molecule has 148 valence electrons. The Morgan fingerprint density at radius 3 is 2.32 bits per heavy atom. The van der Waals surface area contributed by atoms with E-state index in [4.69, 9.17) is 8.83 Å². The third-order valence-electron chi connectivity index (χ3n) is 6.12. The van der Waals surface area contributed by atoms with Crippen molar-refractivity contribution < 1.29 is 17.3 Å². The zero-order valence-electron chi connectivity index (χ0n) is 16.1. The van der Waals surface area contributed by atoms with Gasteiger partial charge in [-0.05, 0) is 48.5 Å². The van der Waals surface area contributed by atoms with Gasteiger partial charge < -0.3 is 8.83 Å². The van der Waals surface area contributed by atoms with Gasteiger partial charge in [0.25, 0.3) is 0 Å². The lowest BCUT2D eigenvalue weighted by Gasteiger charge is -2.03. The number of sulfone groups is 1. The zero-order chi connectivity index (χ0) is 20.7. The van der Waals surface area contributed by atoms with Crippen LogP contribution < -0.4 is 0 Å². The van der Waals surface area contributed by atoms with Crippen molar-refractivity contribution in [1.29, 1.82) is 0 Å². The van der Waals surface area contributed by atoms with Crippen molar-refractivity contribution in [1.82, 2.24) is 0 Å². The zero-order valence-corrected chi connectivity index (χ0v) is 16.9. The van der Waals surface area contributed by atoms with E-state index >= 15 is 0 Å². The van der Waals surface area contributed by atoms with Gasteiger partial charge in [-0.25, -0.2) is 8.42 Å². The molecule has 0 atom stereocenters. The summed E-state index contributed by atoms with van der Waals surface area (Å²) in [6.45, 7) is 0. The number of benzene rings is 4. The molecule has 5 heteroatoms. The molecule has 0 unspecified atom stereocenters. The van der Waals surface area contributed by atoms with E-state index in [1.165, 1.54) is 0 Å². The van der Waals surface area contributed by atoms with E-state index in [1.54, 1.807) is 24.5 Å². The Morgan fingerprint density at radius 2 is 1.42 bits per heavy atom. The van der Waals surface area contributed by atoms with Gasteiger partial charge in [-0.2, -0.15) is 0 Å². The van der Waals surface area contributed by atoms with Crippen LogP contribution in [-0.2, 0) is 9.84 Å². The molecule has 4 aromatic carbocycles. The molecule has 0 radical (unpaired) electrons. The molecule has 0 aliphatic carbocycles. The summed E-state index contributed by atoms with van der Waals surface area (Å²) in [5.41, 5.74) is 3.93. The standard InChI is InChI=1S/C26H14O4S/c27-31(28)23-4-2-1-3-18(23)21-13-16(7-10-24(21)31)22-14-17-6-9-19-20(26(17)30-22)8-5-15-11-12-29-25(15)19/h1-14H. The first-order valence-electron chi connectivity index (χ1n) is 9.93.